The molecule has 0 aliphatic rings. The molecule has 3 nitrogen and oxygen atoms in total. The Hall–Kier alpha value is -3.07. The Balaban J connectivity index is 0.000000188. The Morgan fingerprint density at radius 1 is 0.545 bits per heavy atom. The molecule has 0 aliphatic heterocycles. The minimum absolute atomic E-state index is 0.0752. The van der Waals surface area contributed by atoms with Crippen LogP contribution in [0.4, 0.5) is 0 Å². The van der Waals surface area contributed by atoms with Gasteiger partial charge in [0.1, 0.15) is 0 Å². The summed E-state index contributed by atoms with van der Waals surface area (Å²) in [4.78, 5) is 11.8. The summed E-state index contributed by atoms with van der Waals surface area (Å²) in [5.74, 6) is -0.0776. The van der Waals surface area contributed by atoms with E-state index in [1.165, 1.54) is 12.1 Å². The summed E-state index contributed by atoms with van der Waals surface area (Å²) in [6, 6.07) is 24.8. The van der Waals surface area contributed by atoms with Crippen LogP contribution in [0.3, 0.4) is 0 Å². The molecule has 0 saturated carbocycles. The van der Waals surface area contributed by atoms with Crippen LogP contribution >= 0.6 is 0 Å². The molecule has 2 N–H and O–H groups in total. The number of carbonyl (C=O) groups excluding carboxylic acids is 1. The molecule has 0 heterocycles. The molecule has 0 aliphatic carbocycles. The average molecular weight is 292 g/mol. The van der Waals surface area contributed by atoms with E-state index in [1.54, 1.807) is 12.1 Å². The molecule has 0 amide bonds. The highest BCUT2D eigenvalue weighted by atomic mass is 16.3. The van der Waals surface area contributed by atoms with Crippen molar-refractivity contribution in [2.75, 3.05) is 0 Å². The fourth-order valence-corrected chi connectivity index (χ4v) is 1.81. The summed E-state index contributed by atoms with van der Waals surface area (Å²) in [5, 5.41) is 17.3. The fraction of sp³-hybridized carbons (Fsp3) is 0. The molecule has 0 radical (unpaired) electrons. The molecule has 0 unspecified atom stereocenters. The van der Waals surface area contributed by atoms with Gasteiger partial charge in [-0.2, -0.15) is 0 Å². The molecular formula is C19H16O3. The van der Waals surface area contributed by atoms with Crippen LogP contribution in [0.5, 0.6) is 11.5 Å². The van der Waals surface area contributed by atoms with Gasteiger partial charge in [-0.25, -0.2) is 0 Å². The Morgan fingerprint density at radius 3 is 1.18 bits per heavy atom. The zero-order valence-electron chi connectivity index (χ0n) is 11.9. The van der Waals surface area contributed by atoms with Crippen LogP contribution in [0.25, 0.3) is 0 Å². The van der Waals surface area contributed by atoms with Crippen molar-refractivity contribution in [3.8, 4) is 11.5 Å². The maximum Gasteiger partial charge on any atom is 0.193 e. The number of hydrogen-bond donors (Lipinski definition) is 2. The molecule has 0 atom stereocenters. The van der Waals surface area contributed by atoms with E-state index in [2.05, 4.69) is 0 Å². The van der Waals surface area contributed by atoms with E-state index >= 15 is 0 Å². The predicted octanol–water partition coefficient (Wildman–Crippen LogP) is 4.02. The summed E-state index contributed by atoms with van der Waals surface area (Å²) in [6.07, 6.45) is 0. The van der Waals surface area contributed by atoms with E-state index in [0.717, 1.165) is 11.1 Å². The molecule has 3 aromatic rings. The quantitative estimate of drug-likeness (QED) is 0.554. The molecule has 0 saturated heterocycles. The Labute approximate surface area is 129 Å². The van der Waals surface area contributed by atoms with Gasteiger partial charge in [-0.15, -0.1) is 0 Å². The highest BCUT2D eigenvalue weighted by Gasteiger charge is 2.06. The number of aromatic hydroxyl groups is 2. The first-order valence-electron chi connectivity index (χ1n) is 6.80. The zero-order chi connectivity index (χ0) is 15.8. The second-order valence-electron chi connectivity index (χ2n) is 4.55. The number of phenols is 2. The topological polar surface area (TPSA) is 57.5 Å². The highest BCUT2D eigenvalue weighted by molar-refractivity contribution is 6.08. The van der Waals surface area contributed by atoms with Gasteiger partial charge in [-0.3, -0.25) is 4.79 Å². The van der Waals surface area contributed by atoms with Crippen molar-refractivity contribution >= 4 is 5.78 Å². The molecule has 0 aromatic heterocycles. The summed E-state index contributed by atoms with van der Waals surface area (Å²) in [6.45, 7) is 0. The molecule has 0 bridgehead atoms. The summed E-state index contributed by atoms with van der Waals surface area (Å²) < 4.78 is 0. The van der Waals surface area contributed by atoms with Crippen LogP contribution in [0.1, 0.15) is 15.9 Å². The van der Waals surface area contributed by atoms with Crippen LogP contribution in [0.15, 0.2) is 84.9 Å². The van der Waals surface area contributed by atoms with Crippen molar-refractivity contribution in [3.63, 3.8) is 0 Å². The van der Waals surface area contributed by atoms with Crippen molar-refractivity contribution < 1.29 is 15.0 Å². The van der Waals surface area contributed by atoms with Crippen LogP contribution in [-0.2, 0) is 0 Å². The molecule has 22 heavy (non-hydrogen) atoms. The lowest BCUT2D eigenvalue weighted by Gasteiger charge is -1.99. The molecule has 3 heteroatoms. The third-order valence-corrected chi connectivity index (χ3v) is 2.95. The summed E-state index contributed by atoms with van der Waals surface area (Å²) in [5.41, 5.74) is 1.47. The third-order valence-electron chi connectivity index (χ3n) is 2.95. The predicted molar refractivity (Wildman–Crippen MR) is 86.1 cm³/mol. The van der Waals surface area contributed by atoms with Gasteiger partial charge < -0.3 is 10.2 Å². The van der Waals surface area contributed by atoms with Gasteiger partial charge in [0.15, 0.2) is 17.3 Å². The van der Waals surface area contributed by atoms with Gasteiger partial charge >= 0.3 is 0 Å². The Kier molecular flexibility index (Phi) is 5.32. The number of hydrogen-bond acceptors (Lipinski definition) is 3. The van der Waals surface area contributed by atoms with E-state index < -0.39 is 0 Å². The fourth-order valence-electron chi connectivity index (χ4n) is 1.81. The van der Waals surface area contributed by atoms with Gasteiger partial charge in [0.25, 0.3) is 0 Å². The van der Waals surface area contributed by atoms with Crippen LogP contribution < -0.4 is 0 Å². The number of para-hydroxylation sites is 2. The lowest BCUT2D eigenvalue weighted by Crippen LogP contribution is -1.99. The normalized spacial score (nSPS) is 9.45. The van der Waals surface area contributed by atoms with Crippen LogP contribution in [0.2, 0.25) is 0 Å². The summed E-state index contributed by atoms with van der Waals surface area (Å²) >= 11 is 0. The highest BCUT2D eigenvalue weighted by Crippen LogP contribution is 2.21. The minimum atomic E-state index is -0.0764. The van der Waals surface area contributed by atoms with E-state index in [9.17, 15) is 4.79 Å². The Morgan fingerprint density at radius 2 is 0.864 bits per heavy atom. The maximum absolute atomic E-state index is 11.8. The lowest BCUT2D eigenvalue weighted by atomic mass is 10.0. The van der Waals surface area contributed by atoms with E-state index in [-0.39, 0.29) is 17.3 Å². The first kappa shape index (κ1) is 15.3. The molecule has 0 spiro atoms. The second kappa shape index (κ2) is 7.64. The number of phenolic OH excluding ortho intramolecular Hbond substituents is 2. The SMILES string of the molecule is O=C(c1ccccc1)c1ccccc1.Oc1ccccc1O. The van der Waals surface area contributed by atoms with Gasteiger partial charge in [0.2, 0.25) is 0 Å². The van der Waals surface area contributed by atoms with Gasteiger partial charge in [0, 0.05) is 11.1 Å². The van der Waals surface area contributed by atoms with Gasteiger partial charge in [-0.05, 0) is 12.1 Å². The van der Waals surface area contributed by atoms with Gasteiger partial charge in [0.05, 0.1) is 0 Å². The number of carbonyl (C=O) groups is 1. The largest absolute Gasteiger partial charge is 0.504 e. The van der Waals surface area contributed by atoms with Crippen molar-refractivity contribution in [1.82, 2.24) is 0 Å². The van der Waals surface area contributed by atoms with Crippen LogP contribution in [-0.4, -0.2) is 16.0 Å². The average Bonchev–Trinajstić information content (AvgIpc) is 2.59. The molecular weight excluding hydrogens is 276 g/mol. The second-order valence-corrected chi connectivity index (χ2v) is 4.55. The zero-order valence-corrected chi connectivity index (χ0v) is 11.9. The third kappa shape index (κ3) is 4.21. The smallest absolute Gasteiger partial charge is 0.193 e. The number of ketones is 1. The number of rotatable bonds is 2. The van der Waals surface area contributed by atoms with Crippen molar-refractivity contribution in [2.45, 2.75) is 0 Å². The standard InChI is InChI=1S/C13H10O.C6H6O2/c14-13(11-7-3-1-4-8-11)12-9-5-2-6-10-12;7-5-3-1-2-4-6(5)8/h1-10H;1-4,7-8H. The maximum atomic E-state index is 11.8. The molecule has 3 rings (SSSR count). The lowest BCUT2D eigenvalue weighted by molar-refractivity contribution is 0.103. The monoisotopic (exact) mass is 292 g/mol. The molecule has 3 aromatic carbocycles. The van der Waals surface area contributed by atoms with Crippen molar-refractivity contribution in [1.29, 1.82) is 0 Å². The molecule has 0 fully saturated rings. The van der Waals surface area contributed by atoms with Crippen LogP contribution in [0, 0.1) is 0 Å². The van der Waals surface area contributed by atoms with Crippen molar-refractivity contribution in [3.05, 3.63) is 96.1 Å². The Bertz CT molecular complexity index is 659. The van der Waals surface area contributed by atoms with Crippen molar-refractivity contribution in [2.24, 2.45) is 0 Å². The molecule has 110 valence electrons. The van der Waals surface area contributed by atoms with E-state index in [4.69, 9.17) is 10.2 Å². The van der Waals surface area contributed by atoms with Gasteiger partial charge in [-0.1, -0.05) is 72.8 Å². The van der Waals surface area contributed by atoms with E-state index in [0.29, 0.717) is 0 Å². The van der Waals surface area contributed by atoms with E-state index in [1.807, 2.05) is 60.7 Å². The first-order chi connectivity index (χ1) is 10.7. The first-order valence-corrected chi connectivity index (χ1v) is 6.80. The minimum Gasteiger partial charge on any atom is -0.504 e. The summed E-state index contributed by atoms with van der Waals surface area (Å²) in [7, 11) is 0. The number of benzene rings is 3.